The molecule has 1 N–H and O–H groups in total. The number of nitriles is 1. The second-order valence-corrected chi connectivity index (χ2v) is 7.07. The molecule has 0 radical (unpaired) electrons. The fourth-order valence-corrected chi connectivity index (χ4v) is 2.83. The molecule has 0 bridgehead atoms. The van der Waals surface area contributed by atoms with Crippen LogP contribution in [0.5, 0.6) is 0 Å². The second kappa shape index (κ2) is 8.13. The largest absolute Gasteiger partial charge is 0.304 e. The molecule has 6 heteroatoms. The maximum atomic E-state index is 12.1. The summed E-state index contributed by atoms with van der Waals surface area (Å²) in [4.78, 5) is 2.41. The van der Waals surface area contributed by atoms with Gasteiger partial charge >= 0.3 is 0 Å². The molecule has 0 saturated carbocycles. The van der Waals surface area contributed by atoms with Gasteiger partial charge in [0.1, 0.15) is 0 Å². The maximum Gasteiger partial charge on any atom is 0.240 e. The van der Waals surface area contributed by atoms with Gasteiger partial charge < -0.3 is 4.90 Å². The monoisotopic (exact) mass is 309 g/mol. The van der Waals surface area contributed by atoms with E-state index in [0.29, 0.717) is 12.6 Å². The summed E-state index contributed by atoms with van der Waals surface area (Å²) in [5.74, 6) is 0. The minimum atomic E-state index is -3.46. The number of rotatable bonds is 8. The second-order valence-electron chi connectivity index (χ2n) is 5.30. The van der Waals surface area contributed by atoms with Crippen molar-refractivity contribution in [2.45, 2.75) is 37.6 Å². The van der Waals surface area contributed by atoms with E-state index in [9.17, 15) is 8.42 Å². The molecule has 0 aliphatic heterocycles. The Morgan fingerprint density at radius 3 is 2.43 bits per heavy atom. The smallest absolute Gasteiger partial charge is 0.240 e. The highest BCUT2D eigenvalue weighted by Gasteiger charge is 2.13. The van der Waals surface area contributed by atoms with Crippen LogP contribution in [0.2, 0.25) is 0 Å². The Kier molecular flexibility index (Phi) is 6.82. The van der Waals surface area contributed by atoms with Gasteiger partial charge in [-0.25, -0.2) is 13.1 Å². The highest BCUT2D eigenvalue weighted by atomic mass is 32.2. The van der Waals surface area contributed by atoms with Crippen molar-refractivity contribution >= 4 is 10.0 Å². The van der Waals surface area contributed by atoms with E-state index in [1.807, 2.05) is 13.1 Å². The average Bonchev–Trinajstić information content (AvgIpc) is 2.44. The van der Waals surface area contributed by atoms with Gasteiger partial charge in [-0.05, 0) is 51.6 Å². The first-order valence-corrected chi connectivity index (χ1v) is 8.51. The summed E-state index contributed by atoms with van der Waals surface area (Å²) in [6.45, 7) is 5.47. The van der Waals surface area contributed by atoms with Crippen LogP contribution in [0.25, 0.3) is 0 Å². The van der Waals surface area contributed by atoms with E-state index in [-0.39, 0.29) is 11.3 Å². The van der Waals surface area contributed by atoms with Gasteiger partial charge in [0.2, 0.25) is 10.0 Å². The molecule has 1 rings (SSSR count). The number of nitrogens with zero attached hydrogens (tertiary/aromatic N) is 2. The van der Waals surface area contributed by atoms with Crippen LogP contribution in [-0.2, 0) is 16.4 Å². The number of hydrogen-bond donors (Lipinski definition) is 1. The molecule has 0 aliphatic carbocycles. The van der Waals surface area contributed by atoms with Crippen LogP contribution in [0.4, 0.5) is 0 Å². The topological polar surface area (TPSA) is 73.2 Å². The molecule has 0 unspecified atom stereocenters. The predicted molar refractivity (Wildman–Crippen MR) is 83.3 cm³/mol. The molecule has 0 amide bonds. The first kappa shape index (κ1) is 17.6. The SMILES string of the molecule is CC(C)N(C)CCCNS(=O)(=O)c1ccc(CC#N)cc1. The predicted octanol–water partition coefficient (Wildman–Crippen LogP) is 1.76. The molecule has 0 fully saturated rings. The summed E-state index contributed by atoms with van der Waals surface area (Å²) < 4.78 is 26.8. The number of benzene rings is 1. The van der Waals surface area contributed by atoms with Crippen LogP contribution in [0.1, 0.15) is 25.8 Å². The zero-order valence-electron chi connectivity index (χ0n) is 12.8. The molecule has 0 heterocycles. The van der Waals surface area contributed by atoms with E-state index in [1.54, 1.807) is 12.1 Å². The summed E-state index contributed by atoms with van der Waals surface area (Å²) in [6, 6.07) is 8.90. The lowest BCUT2D eigenvalue weighted by Crippen LogP contribution is -2.31. The Hall–Kier alpha value is -1.42. The van der Waals surface area contributed by atoms with Crippen molar-refractivity contribution in [1.82, 2.24) is 9.62 Å². The van der Waals surface area contributed by atoms with Crippen LogP contribution in [0.15, 0.2) is 29.2 Å². The van der Waals surface area contributed by atoms with Crippen molar-refractivity contribution in [3.63, 3.8) is 0 Å². The van der Waals surface area contributed by atoms with Crippen molar-refractivity contribution in [3.05, 3.63) is 29.8 Å². The molecular weight excluding hydrogens is 286 g/mol. The normalized spacial score (nSPS) is 11.8. The fourth-order valence-electron chi connectivity index (χ4n) is 1.75. The average molecular weight is 309 g/mol. The van der Waals surface area contributed by atoms with Crippen LogP contribution in [0.3, 0.4) is 0 Å². The van der Waals surface area contributed by atoms with Gasteiger partial charge in [0.15, 0.2) is 0 Å². The van der Waals surface area contributed by atoms with Crippen LogP contribution >= 0.6 is 0 Å². The van der Waals surface area contributed by atoms with E-state index < -0.39 is 10.0 Å². The molecule has 0 aliphatic rings. The first-order chi connectivity index (χ1) is 9.86. The Morgan fingerprint density at radius 1 is 1.29 bits per heavy atom. The Balaban J connectivity index is 2.52. The Morgan fingerprint density at radius 2 is 1.90 bits per heavy atom. The van der Waals surface area contributed by atoms with E-state index in [4.69, 9.17) is 5.26 Å². The standard InChI is InChI=1S/C15H23N3O2S/c1-13(2)18(3)12-4-11-17-21(19,20)15-7-5-14(6-8-15)9-10-16/h5-8,13,17H,4,9,11-12H2,1-3H3. The zero-order chi connectivity index (χ0) is 15.9. The maximum absolute atomic E-state index is 12.1. The quantitative estimate of drug-likeness (QED) is 0.743. The van der Waals surface area contributed by atoms with Gasteiger partial charge in [-0.1, -0.05) is 12.1 Å². The molecule has 0 saturated heterocycles. The van der Waals surface area contributed by atoms with E-state index >= 15 is 0 Å². The summed E-state index contributed by atoms with van der Waals surface area (Å²) in [5.41, 5.74) is 0.815. The fraction of sp³-hybridized carbons (Fsp3) is 0.533. The minimum Gasteiger partial charge on any atom is -0.304 e. The molecule has 116 valence electrons. The third-order valence-electron chi connectivity index (χ3n) is 3.38. The summed E-state index contributed by atoms with van der Waals surface area (Å²) in [5, 5.41) is 8.59. The van der Waals surface area contributed by atoms with Gasteiger partial charge in [-0.15, -0.1) is 0 Å². The van der Waals surface area contributed by atoms with Crippen LogP contribution in [-0.4, -0.2) is 39.5 Å². The molecule has 21 heavy (non-hydrogen) atoms. The molecule has 0 spiro atoms. The van der Waals surface area contributed by atoms with E-state index in [2.05, 4.69) is 23.5 Å². The van der Waals surface area contributed by atoms with Gasteiger partial charge in [-0.2, -0.15) is 5.26 Å². The lowest BCUT2D eigenvalue weighted by Gasteiger charge is -2.20. The number of nitrogens with one attached hydrogen (secondary N) is 1. The first-order valence-electron chi connectivity index (χ1n) is 7.02. The summed E-state index contributed by atoms with van der Waals surface area (Å²) >= 11 is 0. The van der Waals surface area contributed by atoms with E-state index in [0.717, 1.165) is 18.5 Å². The van der Waals surface area contributed by atoms with Crippen molar-refractivity contribution in [3.8, 4) is 6.07 Å². The molecule has 0 aromatic heterocycles. The third-order valence-corrected chi connectivity index (χ3v) is 4.85. The van der Waals surface area contributed by atoms with Crippen LogP contribution < -0.4 is 4.72 Å². The van der Waals surface area contributed by atoms with Crippen LogP contribution in [0, 0.1) is 11.3 Å². The van der Waals surface area contributed by atoms with Crippen molar-refractivity contribution in [2.24, 2.45) is 0 Å². The summed E-state index contributed by atoms with van der Waals surface area (Å²) in [7, 11) is -1.44. The van der Waals surface area contributed by atoms with Gasteiger partial charge in [0, 0.05) is 12.6 Å². The lowest BCUT2D eigenvalue weighted by molar-refractivity contribution is 0.271. The molecule has 1 aromatic rings. The van der Waals surface area contributed by atoms with Crippen molar-refractivity contribution < 1.29 is 8.42 Å². The molecule has 5 nitrogen and oxygen atoms in total. The Bertz CT molecular complexity index is 574. The summed E-state index contributed by atoms with van der Waals surface area (Å²) in [6.07, 6.45) is 1.05. The molecule has 1 aromatic carbocycles. The highest BCUT2D eigenvalue weighted by molar-refractivity contribution is 7.89. The minimum absolute atomic E-state index is 0.237. The molecule has 0 atom stereocenters. The zero-order valence-corrected chi connectivity index (χ0v) is 13.7. The van der Waals surface area contributed by atoms with Gasteiger partial charge in [0.05, 0.1) is 17.4 Å². The van der Waals surface area contributed by atoms with Crippen molar-refractivity contribution in [2.75, 3.05) is 20.1 Å². The highest BCUT2D eigenvalue weighted by Crippen LogP contribution is 2.10. The van der Waals surface area contributed by atoms with Crippen molar-refractivity contribution in [1.29, 1.82) is 5.26 Å². The number of sulfonamides is 1. The lowest BCUT2D eigenvalue weighted by atomic mass is 10.2. The number of hydrogen-bond acceptors (Lipinski definition) is 4. The van der Waals surface area contributed by atoms with Gasteiger partial charge in [-0.3, -0.25) is 0 Å². The molecular formula is C15H23N3O2S. The third kappa shape index (κ3) is 5.84. The van der Waals surface area contributed by atoms with E-state index in [1.165, 1.54) is 12.1 Å². The Labute approximate surface area is 127 Å². The van der Waals surface area contributed by atoms with Gasteiger partial charge in [0.25, 0.3) is 0 Å².